The number of hydrogen-bond acceptors (Lipinski definition) is 7. The van der Waals surface area contributed by atoms with Crippen molar-refractivity contribution in [2.24, 2.45) is 0 Å². The number of anilines is 2. The predicted molar refractivity (Wildman–Crippen MR) is 175 cm³/mol. The Morgan fingerprint density at radius 3 is 2.20 bits per heavy atom. The molecule has 5 aromatic rings. The first-order chi connectivity index (χ1) is 21.6. The molecule has 226 valence electrons. The zero-order chi connectivity index (χ0) is 32.1. The Labute approximate surface area is 267 Å². The number of nitrogens with one attached hydrogen (secondary N) is 2. The van der Waals surface area contributed by atoms with Crippen molar-refractivity contribution in [3.63, 3.8) is 0 Å². The van der Waals surface area contributed by atoms with Gasteiger partial charge in [-0.15, -0.1) is 23.1 Å². The molecule has 0 bridgehead atoms. The van der Waals surface area contributed by atoms with E-state index >= 15 is 0 Å². The van der Waals surface area contributed by atoms with Gasteiger partial charge in [-0.05, 0) is 55.8 Å². The van der Waals surface area contributed by atoms with Crippen molar-refractivity contribution in [1.82, 2.24) is 4.98 Å². The summed E-state index contributed by atoms with van der Waals surface area (Å²) in [5, 5.41) is 24.3. The lowest BCUT2D eigenvalue weighted by molar-refractivity contribution is -0.115. The summed E-state index contributed by atoms with van der Waals surface area (Å²) in [7, 11) is 0. The number of aryl methyl sites for hydroxylation is 2. The number of carboxylic acids is 2. The van der Waals surface area contributed by atoms with Gasteiger partial charge < -0.3 is 20.8 Å². The Kier molecular flexibility index (Phi) is 9.41. The zero-order valence-electron chi connectivity index (χ0n) is 24.1. The van der Waals surface area contributed by atoms with E-state index in [0.717, 1.165) is 33.3 Å². The maximum absolute atomic E-state index is 13.7. The molecule has 0 aliphatic rings. The Morgan fingerprint density at radius 1 is 0.778 bits per heavy atom. The van der Waals surface area contributed by atoms with E-state index in [1.807, 2.05) is 68.4 Å². The highest BCUT2D eigenvalue weighted by atomic mass is 32.2. The molecule has 9 nitrogen and oxygen atoms in total. The van der Waals surface area contributed by atoms with E-state index in [1.54, 1.807) is 24.3 Å². The third-order valence-electron chi connectivity index (χ3n) is 6.78. The summed E-state index contributed by atoms with van der Waals surface area (Å²) in [6.07, 6.45) is 0. The van der Waals surface area contributed by atoms with Crippen LogP contribution in [0.4, 0.5) is 10.8 Å². The molecule has 1 atom stereocenters. The van der Waals surface area contributed by atoms with Crippen molar-refractivity contribution in [2.45, 2.75) is 24.0 Å². The minimum atomic E-state index is -1.43. The van der Waals surface area contributed by atoms with Gasteiger partial charge in [0.1, 0.15) is 5.25 Å². The molecule has 0 aliphatic heterocycles. The van der Waals surface area contributed by atoms with E-state index < -0.39 is 28.7 Å². The fourth-order valence-corrected chi connectivity index (χ4v) is 6.46. The number of benzene rings is 4. The lowest BCUT2D eigenvalue weighted by Crippen LogP contribution is -2.19. The minimum absolute atomic E-state index is 0.184. The second kappa shape index (κ2) is 13.6. The SMILES string of the molecule is Cc1ccc(-c2nc(NC(=O)C(Sc3cccc(NC(=O)c4ccc(C(=O)O)cc4C(=O)O)c3)c3ccccc3)sc2C)cc1. The largest absolute Gasteiger partial charge is 0.478 e. The van der Waals surface area contributed by atoms with Gasteiger partial charge in [0.25, 0.3) is 5.91 Å². The van der Waals surface area contributed by atoms with Crippen LogP contribution in [0, 0.1) is 13.8 Å². The van der Waals surface area contributed by atoms with Gasteiger partial charge in [0.2, 0.25) is 5.91 Å². The van der Waals surface area contributed by atoms with Gasteiger partial charge in [-0.3, -0.25) is 9.59 Å². The average molecular weight is 638 g/mol. The molecular weight excluding hydrogens is 611 g/mol. The number of thioether (sulfide) groups is 1. The van der Waals surface area contributed by atoms with Gasteiger partial charge >= 0.3 is 11.9 Å². The average Bonchev–Trinajstić information content (AvgIpc) is 3.39. The number of nitrogens with zero attached hydrogens (tertiary/aromatic N) is 1. The summed E-state index contributed by atoms with van der Waals surface area (Å²) in [6, 6.07) is 27.5. The Morgan fingerprint density at radius 2 is 1.51 bits per heavy atom. The number of aromatic carboxylic acids is 2. The molecule has 1 heterocycles. The topological polar surface area (TPSA) is 146 Å². The van der Waals surface area contributed by atoms with Crippen LogP contribution in [-0.2, 0) is 4.79 Å². The number of thiazole rings is 1. The van der Waals surface area contributed by atoms with E-state index in [4.69, 9.17) is 4.98 Å². The molecular formula is C34H27N3O6S2. The molecule has 1 aromatic heterocycles. The first kappa shape index (κ1) is 31.2. The van der Waals surface area contributed by atoms with E-state index in [0.29, 0.717) is 15.7 Å². The summed E-state index contributed by atoms with van der Waals surface area (Å²) in [5.74, 6) is -3.71. The zero-order valence-corrected chi connectivity index (χ0v) is 25.7. The second-order valence-corrected chi connectivity index (χ2v) is 12.4. The highest BCUT2D eigenvalue weighted by Crippen LogP contribution is 2.38. The molecule has 0 spiro atoms. The number of hydrogen-bond donors (Lipinski definition) is 4. The molecule has 2 amide bonds. The third-order valence-corrected chi connectivity index (χ3v) is 8.91. The van der Waals surface area contributed by atoms with Crippen LogP contribution in [0.2, 0.25) is 0 Å². The maximum Gasteiger partial charge on any atom is 0.336 e. The first-order valence-corrected chi connectivity index (χ1v) is 15.4. The molecule has 0 aliphatic carbocycles. The van der Waals surface area contributed by atoms with Gasteiger partial charge in [-0.1, -0.05) is 66.2 Å². The molecule has 4 aromatic carbocycles. The monoisotopic (exact) mass is 637 g/mol. The molecule has 0 saturated carbocycles. The maximum atomic E-state index is 13.7. The van der Waals surface area contributed by atoms with E-state index in [1.165, 1.54) is 35.2 Å². The van der Waals surface area contributed by atoms with Gasteiger partial charge in [-0.25, -0.2) is 14.6 Å². The highest BCUT2D eigenvalue weighted by molar-refractivity contribution is 8.00. The van der Waals surface area contributed by atoms with Crippen LogP contribution < -0.4 is 10.6 Å². The molecule has 0 fully saturated rings. The number of amides is 2. The van der Waals surface area contributed by atoms with Crippen molar-refractivity contribution in [1.29, 1.82) is 0 Å². The van der Waals surface area contributed by atoms with Gasteiger partial charge in [-0.2, -0.15) is 0 Å². The molecule has 1 unspecified atom stereocenters. The fraction of sp³-hybridized carbons (Fsp3) is 0.0882. The van der Waals surface area contributed by atoms with Crippen molar-refractivity contribution in [2.75, 3.05) is 10.6 Å². The van der Waals surface area contributed by atoms with Gasteiger partial charge in [0.15, 0.2) is 5.13 Å². The van der Waals surface area contributed by atoms with Gasteiger partial charge in [0, 0.05) is 21.0 Å². The van der Waals surface area contributed by atoms with Crippen LogP contribution in [0.15, 0.2) is 102 Å². The lowest BCUT2D eigenvalue weighted by atomic mass is 10.0. The smallest absolute Gasteiger partial charge is 0.336 e. The van der Waals surface area contributed by atoms with Crippen LogP contribution in [0.3, 0.4) is 0 Å². The summed E-state index contributed by atoms with van der Waals surface area (Å²) in [4.78, 5) is 56.1. The quantitative estimate of drug-likeness (QED) is 0.115. The van der Waals surface area contributed by atoms with Crippen molar-refractivity contribution in [3.8, 4) is 11.3 Å². The first-order valence-electron chi connectivity index (χ1n) is 13.7. The standard InChI is InChI=1S/C34H27N3O6S2/c1-19-11-13-21(14-12-19)28-20(2)44-34(36-28)37-31(39)29(22-7-4-3-5-8-22)45-25-10-6-9-24(18-25)35-30(38)26-16-15-23(32(40)41)17-27(26)33(42)43/h3-18,29H,1-2H3,(H,35,38)(H,40,41)(H,42,43)(H,36,37,39). The third kappa shape index (κ3) is 7.46. The molecule has 4 N–H and O–H groups in total. The van der Waals surface area contributed by atoms with Crippen molar-refractivity contribution >= 4 is 57.7 Å². The van der Waals surface area contributed by atoms with Gasteiger partial charge in [0.05, 0.1) is 22.4 Å². The Balaban J connectivity index is 1.36. The highest BCUT2D eigenvalue weighted by Gasteiger charge is 2.25. The van der Waals surface area contributed by atoms with Crippen LogP contribution in [0.1, 0.15) is 52.3 Å². The van der Waals surface area contributed by atoms with Crippen molar-refractivity contribution < 1.29 is 29.4 Å². The van der Waals surface area contributed by atoms with Crippen LogP contribution in [0.25, 0.3) is 11.3 Å². The molecule has 0 saturated heterocycles. The summed E-state index contributed by atoms with van der Waals surface area (Å²) in [6.45, 7) is 3.98. The molecule has 0 radical (unpaired) electrons. The lowest BCUT2D eigenvalue weighted by Gasteiger charge is -2.17. The summed E-state index contributed by atoms with van der Waals surface area (Å²) in [5.41, 5.74) is 3.21. The minimum Gasteiger partial charge on any atom is -0.478 e. The van der Waals surface area contributed by atoms with E-state index in [9.17, 15) is 29.4 Å². The van der Waals surface area contributed by atoms with Crippen molar-refractivity contribution in [3.05, 3.63) is 130 Å². The van der Waals surface area contributed by atoms with Crippen LogP contribution in [0.5, 0.6) is 0 Å². The molecule has 5 rings (SSSR count). The number of carboxylic acid groups (broad SMARTS) is 2. The van der Waals surface area contributed by atoms with Crippen LogP contribution >= 0.6 is 23.1 Å². The number of aromatic nitrogens is 1. The van der Waals surface area contributed by atoms with E-state index in [2.05, 4.69) is 10.6 Å². The number of rotatable bonds is 10. The normalized spacial score (nSPS) is 11.4. The van der Waals surface area contributed by atoms with E-state index in [-0.39, 0.29) is 17.0 Å². The second-order valence-electron chi connectivity index (χ2n) is 10.0. The predicted octanol–water partition coefficient (Wildman–Crippen LogP) is 7.55. The number of carbonyl (C=O) groups excluding carboxylic acids is 2. The molecule has 45 heavy (non-hydrogen) atoms. The Bertz CT molecular complexity index is 1910. The Hall–Kier alpha value is -5.26. The summed E-state index contributed by atoms with van der Waals surface area (Å²) >= 11 is 2.68. The molecule has 11 heteroatoms. The van der Waals surface area contributed by atoms with Crippen LogP contribution in [-0.4, -0.2) is 39.0 Å². The fourth-order valence-electron chi connectivity index (χ4n) is 4.53. The summed E-state index contributed by atoms with van der Waals surface area (Å²) < 4.78 is 0. The number of carbonyl (C=O) groups is 4.